The molecule has 22 heavy (non-hydrogen) atoms. The van der Waals surface area contributed by atoms with E-state index in [-0.39, 0.29) is 23.8 Å². The van der Waals surface area contributed by atoms with Gasteiger partial charge in [-0.1, -0.05) is 45.1 Å². The zero-order valence-corrected chi connectivity index (χ0v) is 15.9. The van der Waals surface area contributed by atoms with Gasteiger partial charge in [-0.2, -0.15) is 0 Å². The van der Waals surface area contributed by atoms with Crippen LogP contribution in [0.2, 0.25) is 18.1 Å². The Hall–Kier alpha value is -1.07. The molecule has 0 radical (unpaired) electrons. The summed E-state index contributed by atoms with van der Waals surface area (Å²) in [7, 11) is -1.81. The highest BCUT2D eigenvalue weighted by molar-refractivity contribution is 6.74. The first kappa shape index (κ1) is 19.0. The SMILES string of the molecule is C=CCOC(=O)N1C/C(=C\C)C[C@H]1CO[Si](C)(C)C(C)(C)C. The smallest absolute Gasteiger partial charge is 0.410 e. The van der Waals surface area contributed by atoms with Crippen LogP contribution in [0.4, 0.5) is 4.79 Å². The highest BCUT2D eigenvalue weighted by Crippen LogP contribution is 2.37. The van der Waals surface area contributed by atoms with Crippen molar-refractivity contribution in [3.05, 3.63) is 24.3 Å². The number of nitrogens with zero attached hydrogens (tertiary/aromatic N) is 1. The number of ether oxygens (including phenoxy) is 1. The Morgan fingerprint density at radius 3 is 2.59 bits per heavy atom. The third-order valence-electron chi connectivity index (χ3n) is 4.72. The van der Waals surface area contributed by atoms with E-state index in [1.165, 1.54) is 5.57 Å². The zero-order chi connectivity index (χ0) is 17.0. The monoisotopic (exact) mass is 325 g/mol. The van der Waals surface area contributed by atoms with Gasteiger partial charge in [0.05, 0.1) is 12.6 Å². The number of rotatable bonds is 5. The Labute approximate surface area is 136 Å². The first-order valence-corrected chi connectivity index (χ1v) is 10.9. The number of amides is 1. The molecule has 1 atom stereocenters. The van der Waals surface area contributed by atoms with Crippen molar-refractivity contribution in [3.63, 3.8) is 0 Å². The molecule has 126 valence electrons. The van der Waals surface area contributed by atoms with E-state index in [0.717, 1.165) is 6.42 Å². The predicted octanol–water partition coefficient (Wildman–Crippen LogP) is 4.35. The molecule has 0 saturated carbocycles. The molecule has 0 bridgehead atoms. The lowest BCUT2D eigenvalue weighted by Crippen LogP contribution is -2.46. The van der Waals surface area contributed by atoms with Gasteiger partial charge in [0, 0.05) is 6.54 Å². The molecule has 0 aromatic heterocycles. The van der Waals surface area contributed by atoms with Crippen LogP contribution in [-0.4, -0.2) is 45.1 Å². The second kappa shape index (κ2) is 7.46. The van der Waals surface area contributed by atoms with Gasteiger partial charge in [0.15, 0.2) is 8.32 Å². The van der Waals surface area contributed by atoms with E-state index >= 15 is 0 Å². The van der Waals surface area contributed by atoms with Gasteiger partial charge in [-0.15, -0.1) is 0 Å². The molecular weight excluding hydrogens is 294 g/mol. The summed E-state index contributed by atoms with van der Waals surface area (Å²) < 4.78 is 11.5. The fraction of sp³-hybridized carbons (Fsp3) is 0.706. The molecule has 1 saturated heterocycles. The van der Waals surface area contributed by atoms with Crippen LogP contribution in [0.5, 0.6) is 0 Å². The Morgan fingerprint density at radius 1 is 1.45 bits per heavy atom. The van der Waals surface area contributed by atoms with E-state index in [1.54, 1.807) is 11.0 Å². The number of hydrogen-bond donors (Lipinski definition) is 0. The molecule has 1 aliphatic rings. The second-order valence-electron chi connectivity index (χ2n) is 7.37. The first-order chi connectivity index (χ1) is 10.1. The average molecular weight is 326 g/mol. The number of carbonyl (C=O) groups excluding carboxylic acids is 1. The Balaban J connectivity index is 2.73. The maximum absolute atomic E-state index is 12.2. The van der Waals surface area contributed by atoms with Crippen molar-refractivity contribution in [3.8, 4) is 0 Å². The van der Waals surface area contributed by atoms with Crippen LogP contribution in [0.3, 0.4) is 0 Å². The molecular formula is C17H31NO3Si. The van der Waals surface area contributed by atoms with Crippen molar-refractivity contribution in [2.75, 3.05) is 19.8 Å². The van der Waals surface area contributed by atoms with Gasteiger partial charge < -0.3 is 9.16 Å². The Kier molecular flexibility index (Phi) is 6.44. The standard InChI is InChI=1S/C17H31NO3Si/c1-8-10-20-16(19)18-12-14(9-2)11-15(18)13-21-22(6,7)17(3,4)5/h8-9,15H,1,10-13H2,2-7H3/b14-9-/t15-/m0/s1. The van der Waals surface area contributed by atoms with Crippen LogP contribution < -0.4 is 0 Å². The van der Waals surface area contributed by atoms with Crippen molar-refractivity contribution in [2.45, 2.75) is 58.3 Å². The third kappa shape index (κ3) is 4.71. The van der Waals surface area contributed by atoms with Gasteiger partial charge >= 0.3 is 6.09 Å². The van der Waals surface area contributed by atoms with Crippen molar-refractivity contribution in [1.29, 1.82) is 0 Å². The molecule has 1 heterocycles. The first-order valence-electron chi connectivity index (χ1n) is 7.94. The highest BCUT2D eigenvalue weighted by atomic mass is 28.4. The van der Waals surface area contributed by atoms with Crippen LogP contribution in [0.25, 0.3) is 0 Å². The lowest BCUT2D eigenvalue weighted by atomic mass is 10.1. The molecule has 4 nitrogen and oxygen atoms in total. The molecule has 1 amide bonds. The van der Waals surface area contributed by atoms with E-state index in [9.17, 15) is 4.79 Å². The summed E-state index contributed by atoms with van der Waals surface area (Å²) in [6.07, 6.45) is 4.26. The summed E-state index contributed by atoms with van der Waals surface area (Å²) in [5.41, 5.74) is 1.26. The number of allylic oxidation sites excluding steroid dienone is 1. The maximum atomic E-state index is 12.2. The second-order valence-corrected chi connectivity index (χ2v) is 12.2. The summed E-state index contributed by atoms with van der Waals surface area (Å²) in [4.78, 5) is 14.0. The highest BCUT2D eigenvalue weighted by Gasteiger charge is 2.40. The Morgan fingerprint density at radius 2 is 2.09 bits per heavy atom. The zero-order valence-electron chi connectivity index (χ0n) is 14.9. The van der Waals surface area contributed by atoms with Crippen molar-refractivity contribution in [2.24, 2.45) is 0 Å². The van der Waals surface area contributed by atoms with E-state index in [2.05, 4.69) is 46.5 Å². The van der Waals surface area contributed by atoms with Crippen LogP contribution in [0.15, 0.2) is 24.3 Å². The van der Waals surface area contributed by atoms with E-state index < -0.39 is 8.32 Å². The molecule has 0 N–H and O–H groups in total. The summed E-state index contributed by atoms with van der Waals surface area (Å²) in [6.45, 7) is 18.2. The average Bonchev–Trinajstić information content (AvgIpc) is 2.85. The molecule has 1 rings (SSSR count). The van der Waals surface area contributed by atoms with Crippen molar-refractivity contribution >= 4 is 14.4 Å². The van der Waals surface area contributed by atoms with E-state index in [1.807, 2.05) is 6.92 Å². The van der Waals surface area contributed by atoms with Gasteiger partial charge in [-0.05, 0) is 31.5 Å². The molecule has 0 aromatic rings. The number of carbonyl (C=O) groups is 1. The van der Waals surface area contributed by atoms with Crippen LogP contribution in [0, 0.1) is 0 Å². The predicted molar refractivity (Wildman–Crippen MR) is 93.6 cm³/mol. The minimum Gasteiger partial charge on any atom is -0.445 e. The summed E-state index contributed by atoms with van der Waals surface area (Å²) in [6, 6.07) is 0.0673. The topological polar surface area (TPSA) is 38.8 Å². The summed E-state index contributed by atoms with van der Waals surface area (Å²) in [5, 5.41) is 0.170. The van der Waals surface area contributed by atoms with Gasteiger partial charge in [-0.3, -0.25) is 4.90 Å². The molecule has 1 aliphatic heterocycles. The van der Waals surface area contributed by atoms with Crippen LogP contribution in [-0.2, 0) is 9.16 Å². The van der Waals surface area contributed by atoms with E-state index in [0.29, 0.717) is 13.2 Å². The van der Waals surface area contributed by atoms with Gasteiger partial charge in [0.2, 0.25) is 0 Å². The van der Waals surface area contributed by atoms with E-state index in [4.69, 9.17) is 9.16 Å². The van der Waals surface area contributed by atoms with Crippen molar-refractivity contribution < 1.29 is 14.0 Å². The maximum Gasteiger partial charge on any atom is 0.410 e. The molecule has 0 aliphatic carbocycles. The third-order valence-corrected chi connectivity index (χ3v) is 9.22. The van der Waals surface area contributed by atoms with Crippen molar-refractivity contribution in [1.82, 2.24) is 4.90 Å². The van der Waals surface area contributed by atoms with Gasteiger partial charge in [-0.25, -0.2) is 4.79 Å². The summed E-state index contributed by atoms with van der Waals surface area (Å²) in [5.74, 6) is 0. The molecule has 0 aromatic carbocycles. The quantitative estimate of drug-likeness (QED) is 0.557. The number of hydrogen-bond acceptors (Lipinski definition) is 3. The normalized spacial score (nSPS) is 21.3. The van der Waals surface area contributed by atoms with Crippen LogP contribution in [0.1, 0.15) is 34.1 Å². The molecule has 0 unspecified atom stereocenters. The van der Waals surface area contributed by atoms with Crippen LogP contribution >= 0.6 is 0 Å². The summed E-state index contributed by atoms with van der Waals surface area (Å²) >= 11 is 0. The fourth-order valence-corrected chi connectivity index (χ4v) is 3.17. The van der Waals surface area contributed by atoms with Gasteiger partial charge in [0.25, 0.3) is 0 Å². The molecule has 0 spiro atoms. The fourth-order valence-electron chi connectivity index (χ4n) is 2.13. The molecule has 1 fully saturated rings. The lowest BCUT2D eigenvalue weighted by Gasteiger charge is -2.37. The minimum atomic E-state index is -1.81. The van der Waals surface area contributed by atoms with Gasteiger partial charge in [0.1, 0.15) is 6.61 Å². The lowest BCUT2D eigenvalue weighted by molar-refractivity contribution is 0.0943. The Bertz CT molecular complexity index is 438. The minimum absolute atomic E-state index is 0.0673. The molecule has 5 heteroatoms. The number of likely N-dealkylation sites (tertiary alicyclic amines) is 1. The largest absolute Gasteiger partial charge is 0.445 e.